The summed E-state index contributed by atoms with van der Waals surface area (Å²) in [5, 5.41) is 2.79. The number of hydrogen-bond acceptors (Lipinski definition) is 4. The maximum atomic E-state index is 11.4. The molecule has 5 heteroatoms. The number of ether oxygens (including phenoxy) is 1. The van der Waals surface area contributed by atoms with Crippen LogP contribution in [0.2, 0.25) is 0 Å². The molecule has 1 unspecified atom stereocenters. The Morgan fingerprint density at radius 3 is 2.33 bits per heavy atom. The average molecular weight is 237 g/mol. The van der Waals surface area contributed by atoms with Crippen molar-refractivity contribution in [1.82, 2.24) is 5.32 Å². The van der Waals surface area contributed by atoms with Crippen molar-refractivity contribution in [3.63, 3.8) is 0 Å². The van der Waals surface area contributed by atoms with E-state index in [4.69, 9.17) is 4.74 Å². The first-order valence-corrected chi connectivity index (χ1v) is 7.15. The van der Waals surface area contributed by atoms with Crippen LogP contribution < -0.4 is 5.32 Å². The molecule has 0 aromatic heterocycles. The highest BCUT2D eigenvalue weighted by Crippen LogP contribution is 1.99. The molecule has 0 spiro atoms. The smallest absolute Gasteiger partial charge is 0.153 e. The zero-order valence-electron chi connectivity index (χ0n) is 10.1. The molecule has 0 aliphatic carbocycles. The fraction of sp³-hybridized carbons (Fsp3) is 1.00. The van der Waals surface area contributed by atoms with Crippen LogP contribution >= 0.6 is 0 Å². The van der Waals surface area contributed by atoms with E-state index in [0.29, 0.717) is 19.7 Å². The first-order valence-electron chi connectivity index (χ1n) is 5.44. The van der Waals surface area contributed by atoms with Crippen molar-refractivity contribution in [1.29, 1.82) is 0 Å². The van der Waals surface area contributed by atoms with Gasteiger partial charge < -0.3 is 10.1 Å². The van der Waals surface area contributed by atoms with Gasteiger partial charge in [0.1, 0.15) is 0 Å². The molecule has 4 nitrogen and oxygen atoms in total. The predicted octanol–water partition coefficient (Wildman–Crippen LogP) is 0.824. The van der Waals surface area contributed by atoms with Crippen LogP contribution in [-0.4, -0.2) is 45.2 Å². The van der Waals surface area contributed by atoms with Crippen molar-refractivity contribution in [2.45, 2.75) is 39.0 Å². The molecule has 0 fully saturated rings. The molecule has 0 saturated carbocycles. The first-order chi connectivity index (χ1) is 6.90. The topological polar surface area (TPSA) is 55.4 Å². The molecule has 92 valence electrons. The molecule has 1 N–H and O–H groups in total. The van der Waals surface area contributed by atoms with Crippen LogP contribution in [0.3, 0.4) is 0 Å². The van der Waals surface area contributed by atoms with Gasteiger partial charge in [0, 0.05) is 19.7 Å². The van der Waals surface area contributed by atoms with Gasteiger partial charge in [-0.15, -0.1) is 0 Å². The monoisotopic (exact) mass is 237 g/mol. The van der Waals surface area contributed by atoms with Crippen molar-refractivity contribution in [2.24, 2.45) is 0 Å². The minimum absolute atomic E-state index is 0.136. The molecule has 0 aromatic rings. The fourth-order valence-corrected chi connectivity index (χ4v) is 2.00. The zero-order valence-corrected chi connectivity index (χ0v) is 10.9. The Labute approximate surface area is 93.3 Å². The third-order valence-electron chi connectivity index (χ3n) is 2.16. The minimum atomic E-state index is -2.91. The van der Waals surface area contributed by atoms with Crippen LogP contribution in [0.4, 0.5) is 0 Å². The number of hydrogen-bond donors (Lipinski definition) is 1. The van der Waals surface area contributed by atoms with Crippen molar-refractivity contribution < 1.29 is 13.2 Å². The Morgan fingerprint density at radius 1 is 1.27 bits per heavy atom. The maximum absolute atomic E-state index is 11.4. The molecule has 0 aliphatic heterocycles. The molecule has 0 heterocycles. The lowest BCUT2D eigenvalue weighted by Crippen LogP contribution is -2.32. The molecule has 1 atom stereocenters. The summed E-state index contributed by atoms with van der Waals surface area (Å²) < 4.78 is 28.2. The second-order valence-electron chi connectivity index (χ2n) is 3.89. The summed E-state index contributed by atoms with van der Waals surface area (Å²) in [6.45, 7) is 9.20. The lowest BCUT2D eigenvalue weighted by atomic mass is 10.4. The van der Waals surface area contributed by atoms with Gasteiger partial charge in [-0.25, -0.2) is 8.42 Å². The van der Waals surface area contributed by atoms with E-state index in [2.05, 4.69) is 5.32 Å². The molecular formula is C10H23NO3S. The van der Waals surface area contributed by atoms with Crippen LogP contribution in [0.15, 0.2) is 0 Å². The van der Waals surface area contributed by atoms with Gasteiger partial charge in [-0.05, 0) is 27.7 Å². The summed E-state index contributed by atoms with van der Waals surface area (Å²) in [4.78, 5) is 0. The van der Waals surface area contributed by atoms with Gasteiger partial charge in [-0.2, -0.15) is 0 Å². The van der Waals surface area contributed by atoms with Gasteiger partial charge in [0.2, 0.25) is 0 Å². The van der Waals surface area contributed by atoms with E-state index in [1.807, 2.05) is 13.8 Å². The Bertz CT molecular complexity index is 249. The summed E-state index contributed by atoms with van der Waals surface area (Å²) in [5.74, 6) is 0.198. The van der Waals surface area contributed by atoms with Crippen LogP contribution in [0, 0.1) is 0 Å². The van der Waals surface area contributed by atoms with Gasteiger partial charge in [-0.1, -0.05) is 0 Å². The number of sulfone groups is 1. The van der Waals surface area contributed by atoms with E-state index in [1.165, 1.54) is 0 Å². The Hall–Kier alpha value is -0.130. The highest BCUT2D eigenvalue weighted by atomic mass is 32.2. The highest BCUT2D eigenvalue weighted by molar-refractivity contribution is 7.92. The summed E-state index contributed by atoms with van der Waals surface area (Å²) in [6.07, 6.45) is 0.136. The van der Waals surface area contributed by atoms with E-state index in [9.17, 15) is 8.42 Å². The Morgan fingerprint density at radius 2 is 1.87 bits per heavy atom. The first kappa shape index (κ1) is 14.9. The molecular weight excluding hydrogens is 214 g/mol. The summed E-state index contributed by atoms with van der Waals surface area (Å²) >= 11 is 0. The van der Waals surface area contributed by atoms with Gasteiger partial charge in [0.05, 0.1) is 17.1 Å². The summed E-state index contributed by atoms with van der Waals surface area (Å²) in [5.41, 5.74) is 0. The Kier molecular flexibility index (Phi) is 7.13. The highest BCUT2D eigenvalue weighted by Gasteiger charge is 2.15. The summed E-state index contributed by atoms with van der Waals surface area (Å²) in [6, 6.07) is 0. The van der Waals surface area contributed by atoms with E-state index >= 15 is 0 Å². The van der Waals surface area contributed by atoms with Crippen LogP contribution in [0.5, 0.6) is 0 Å². The van der Waals surface area contributed by atoms with E-state index in [-0.39, 0.29) is 17.1 Å². The molecule has 0 aliphatic rings. The largest absolute Gasteiger partial charge is 0.377 e. The van der Waals surface area contributed by atoms with E-state index in [0.717, 1.165) is 0 Å². The van der Waals surface area contributed by atoms with Crippen LogP contribution in [-0.2, 0) is 14.6 Å². The maximum Gasteiger partial charge on any atom is 0.153 e. The van der Waals surface area contributed by atoms with Crippen molar-refractivity contribution in [3.8, 4) is 0 Å². The van der Waals surface area contributed by atoms with Crippen molar-refractivity contribution >= 4 is 9.84 Å². The van der Waals surface area contributed by atoms with Gasteiger partial charge in [0.15, 0.2) is 9.84 Å². The second kappa shape index (κ2) is 7.19. The van der Waals surface area contributed by atoms with Crippen LogP contribution in [0.1, 0.15) is 27.7 Å². The van der Waals surface area contributed by atoms with Crippen LogP contribution in [0.25, 0.3) is 0 Å². The molecule has 15 heavy (non-hydrogen) atoms. The zero-order chi connectivity index (χ0) is 11.9. The van der Waals surface area contributed by atoms with E-state index in [1.54, 1.807) is 13.8 Å². The molecule has 0 saturated heterocycles. The third-order valence-corrected chi connectivity index (χ3v) is 4.37. The second-order valence-corrected chi connectivity index (χ2v) is 6.56. The third kappa shape index (κ3) is 6.87. The lowest BCUT2D eigenvalue weighted by Gasteiger charge is -2.13. The SMILES string of the molecule is CCOC(C)CNCCS(=O)(=O)C(C)C. The number of nitrogens with one attached hydrogen (secondary N) is 1. The minimum Gasteiger partial charge on any atom is -0.377 e. The Balaban J connectivity index is 3.63. The average Bonchev–Trinajstić information content (AvgIpc) is 2.13. The van der Waals surface area contributed by atoms with Crippen molar-refractivity contribution in [3.05, 3.63) is 0 Å². The predicted molar refractivity (Wildman–Crippen MR) is 62.9 cm³/mol. The molecule has 0 aromatic carbocycles. The van der Waals surface area contributed by atoms with Gasteiger partial charge in [-0.3, -0.25) is 0 Å². The molecule has 0 bridgehead atoms. The summed E-state index contributed by atoms with van der Waals surface area (Å²) in [7, 11) is -2.91. The van der Waals surface area contributed by atoms with Gasteiger partial charge in [0.25, 0.3) is 0 Å². The standard InChI is InChI=1S/C10H23NO3S/c1-5-14-10(4)8-11-6-7-15(12,13)9(2)3/h9-11H,5-8H2,1-4H3. The molecule has 0 rings (SSSR count). The van der Waals surface area contributed by atoms with E-state index < -0.39 is 9.84 Å². The quantitative estimate of drug-likeness (QED) is 0.635. The number of rotatable bonds is 8. The van der Waals surface area contributed by atoms with Crippen molar-refractivity contribution in [2.75, 3.05) is 25.4 Å². The van der Waals surface area contributed by atoms with Gasteiger partial charge >= 0.3 is 0 Å². The fourth-order valence-electron chi connectivity index (χ4n) is 1.10. The molecule has 0 radical (unpaired) electrons. The molecule has 0 amide bonds. The lowest BCUT2D eigenvalue weighted by molar-refractivity contribution is 0.0766. The normalized spacial score (nSPS) is 14.5.